The first-order valence-electron chi connectivity index (χ1n) is 11.3. The van der Waals surface area contributed by atoms with Crippen molar-refractivity contribution in [3.05, 3.63) is 52.0 Å². The topological polar surface area (TPSA) is 54.9 Å². The van der Waals surface area contributed by atoms with Gasteiger partial charge in [0.1, 0.15) is 11.3 Å². The Morgan fingerprint density at radius 1 is 1.24 bits per heavy atom. The van der Waals surface area contributed by atoms with E-state index in [0.717, 1.165) is 60.7 Å². The van der Waals surface area contributed by atoms with Crippen LogP contribution in [0.2, 0.25) is 5.02 Å². The molecule has 0 aliphatic carbocycles. The van der Waals surface area contributed by atoms with E-state index in [1.165, 1.54) is 11.3 Å². The van der Waals surface area contributed by atoms with Crippen molar-refractivity contribution in [2.45, 2.75) is 26.7 Å². The molecule has 4 rings (SSSR count). The van der Waals surface area contributed by atoms with E-state index in [2.05, 4.69) is 30.0 Å². The Morgan fingerprint density at radius 3 is 2.79 bits per heavy atom. The molecule has 1 aliphatic rings. The molecule has 0 bridgehead atoms. The number of benzene rings is 2. The zero-order valence-electron chi connectivity index (χ0n) is 19.4. The van der Waals surface area contributed by atoms with Gasteiger partial charge in [-0.25, -0.2) is 4.98 Å². The van der Waals surface area contributed by atoms with Crippen molar-refractivity contribution in [2.75, 3.05) is 51.4 Å². The molecule has 1 aliphatic heterocycles. The molecular formula is C25H30ClN3O3S. The van der Waals surface area contributed by atoms with Crippen LogP contribution in [0.25, 0.3) is 10.2 Å². The van der Waals surface area contributed by atoms with E-state index in [-0.39, 0.29) is 5.91 Å². The van der Waals surface area contributed by atoms with E-state index < -0.39 is 0 Å². The highest BCUT2D eigenvalue weighted by molar-refractivity contribution is 7.23. The van der Waals surface area contributed by atoms with Crippen LogP contribution >= 0.6 is 22.9 Å². The minimum absolute atomic E-state index is 0.0415. The number of aromatic nitrogens is 1. The summed E-state index contributed by atoms with van der Waals surface area (Å²) in [7, 11) is 1.62. The minimum Gasteiger partial charge on any atom is -0.494 e. The van der Waals surface area contributed by atoms with E-state index in [4.69, 9.17) is 26.1 Å². The largest absolute Gasteiger partial charge is 0.494 e. The highest BCUT2D eigenvalue weighted by Gasteiger charge is 2.23. The van der Waals surface area contributed by atoms with Gasteiger partial charge in [-0.2, -0.15) is 0 Å². The predicted molar refractivity (Wildman–Crippen MR) is 135 cm³/mol. The maximum absolute atomic E-state index is 13.6. The lowest BCUT2D eigenvalue weighted by Crippen LogP contribution is -2.39. The monoisotopic (exact) mass is 487 g/mol. The van der Waals surface area contributed by atoms with Crippen LogP contribution in [0, 0.1) is 13.8 Å². The number of ether oxygens (including phenoxy) is 2. The Labute approximate surface area is 204 Å². The van der Waals surface area contributed by atoms with Gasteiger partial charge < -0.3 is 9.47 Å². The van der Waals surface area contributed by atoms with Gasteiger partial charge in [0, 0.05) is 26.2 Å². The average molecular weight is 488 g/mol. The number of thiazole rings is 1. The number of nitrogens with zero attached hydrogens (tertiary/aromatic N) is 3. The molecule has 1 aromatic heterocycles. The summed E-state index contributed by atoms with van der Waals surface area (Å²) < 4.78 is 11.8. The molecule has 0 atom stereocenters. The van der Waals surface area contributed by atoms with Gasteiger partial charge in [-0.05, 0) is 43.5 Å². The Morgan fingerprint density at radius 2 is 2.03 bits per heavy atom. The molecule has 3 aromatic rings. The second kappa shape index (κ2) is 10.8. The van der Waals surface area contributed by atoms with Gasteiger partial charge in [0.05, 0.1) is 36.5 Å². The first-order chi connectivity index (χ1) is 16.0. The van der Waals surface area contributed by atoms with Crippen molar-refractivity contribution >= 4 is 44.2 Å². The van der Waals surface area contributed by atoms with Gasteiger partial charge >= 0.3 is 0 Å². The number of aryl methyl sites for hydroxylation is 2. The van der Waals surface area contributed by atoms with Crippen LogP contribution in [0.5, 0.6) is 5.75 Å². The zero-order chi connectivity index (χ0) is 23.4. The number of hydrogen-bond donors (Lipinski definition) is 0. The van der Waals surface area contributed by atoms with E-state index in [1.807, 2.05) is 24.0 Å². The van der Waals surface area contributed by atoms with E-state index in [0.29, 0.717) is 34.4 Å². The third-order valence-electron chi connectivity index (χ3n) is 6.01. The fourth-order valence-corrected chi connectivity index (χ4v) is 5.37. The summed E-state index contributed by atoms with van der Waals surface area (Å²) in [6.07, 6.45) is 1.20. The maximum atomic E-state index is 13.6. The smallest absolute Gasteiger partial charge is 0.233 e. The lowest BCUT2D eigenvalue weighted by molar-refractivity contribution is -0.118. The molecule has 0 spiro atoms. The summed E-state index contributed by atoms with van der Waals surface area (Å²) in [5.74, 6) is 0.701. The summed E-state index contributed by atoms with van der Waals surface area (Å²) in [4.78, 5) is 22.6. The third-order valence-corrected chi connectivity index (χ3v) is 7.54. The van der Waals surface area contributed by atoms with Gasteiger partial charge in [0.15, 0.2) is 5.13 Å². The SMILES string of the molecule is COc1ccc(Cl)c2sc(N(CCCN3CCOCC3)C(=O)Cc3cc(C)ccc3C)nc12. The molecule has 33 heavy (non-hydrogen) atoms. The number of morpholine rings is 1. The van der Waals surface area contributed by atoms with Crippen LogP contribution in [0.1, 0.15) is 23.1 Å². The number of anilines is 1. The molecule has 176 valence electrons. The molecular weight excluding hydrogens is 458 g/mol. The van der Waals surface area contributed by atoms with Gasteiger partial charge in [-0.15, -0.1) is 0 Å². The Bertz CT molecular complexity index is 1130. The van der Waals surface area contributed by atoms with Crippen LogP contribution in [-0.4, -0.2) is 62.3 Å². The second-order valence-electron chi connectivity index (χ2n) is 8.38. The Balaban J connectivity index is 1.60. The molecule has 1 saturated heterocycles. The predicted octanol–water partition coefficient (Wildman–Crippen LogP) is 4.87. The number of rotatable bonds is 8. The molecule has 2 heterocycles. The van der Waals surface area contributed by atoms with Crippen LogP contribution in [-0.2, 0) is 16.0 Å². The number of carbonyl (C=O) groups excluding carboxylic acids is 1. The maximum Gasteiger partial charge on any atom is 0.233 e. The zero-order valence-corrected chi connectivity index (χ0v) is 21.0. The fourth-order valence-electron chi connectivity index (χ4n) is 4.07. The van der Waals surface area contributed by atoms with Crippen molar-refractivity contribution in [2.24, 2.45) is 0 Å². The first kappa shape index (κ1) is 24.0. The average Bonchev–Trinajstić information content (AvgIpc) is 3.26. The molecule has 0 saturated carbocycles. The van der Waals surface area contributed by atoms with Crippen LogP contribution in [0.15, 0.2) is 30.3 Å². The summed E-state index contributed by atoms with van der Waals surface area (Å²) in [5.41, 5.74) is 4.02. The van der Waals surface area contributed by atoms with Crippen molar-refractivity contribution in [1.82, 2.24) is 9.88 Å². The van der Waals surface area contributed by atoms with Crippen molar-refractivity contribution in [3.8, 4) is 5.75 Å². The fraction of sp³-hybridized carbons (Fsp3) is 0.440. The standard InChI is InChI=1S/C25H30ClN3O3S/c1-17-5-6-18(2)19(15-17)16-22(30)29(10-4-9-28-11-13-32-14-12-28)25-27-23-21(31-3)8-7-20(26)24(23)33-25/h5-8,15H,4,9-14,16H2,1-3H3. The number of hydrogen-bond acceptors (Lipinski definition) is 6. The molecule has 2 aromatic carbocycles. The van der Waals surface area contributed by atoms with Crippen molar-refractivity contribution < 1.29 is 14.3 Å². The van der Waals surface area contributed by atoms with Crippen LogP contribution in [0.3, 0.4) is 0 Å². The number of fused-ring (bicyclic) bond motifs is 1. The Kier molecular flexibility index (Phi) is 7.86. The molecule has 6 nitrogen and oxygen atoms in total. The van der Waals surface area contributed by atoms with E-state index >= 15 is 0 Å². The molecule has 8 heteroatoms. The molecule has 0 radical (unpaired) electrons. The number of halogens is 1. The number of carbonyl (C=O) groups is 1. The molecule has 0 N–H and O–H groups in total. The molecule has 1 amide bonds. The van der Waals surface area contributed by atoms with Crippen LogP contribution in [0.4, 0.5) is 5.13 Å². The normalized spacial score (nSPS) is 14.5. The first-order valence-corrected chi connectivity index (χ1v) is 12.5. The lowest BCUT2D eigenvalue weighted by atomic mass is 10.0. The molecule has 1 fully saturated rings. The van der Waals surface area contributed by atoms with Crippen LogP contribution < -0.4 is 9.64 Å². The summed E-state index contributed by atoms with van der Waals surface area (Å²) in [5, 5.41) is 1.28. The third kappa shape index (κ3) is 5.66. The quantitative estimate of drug-likeness (QED) is 0.453. The van der Waals surface area contributed by atoms with Gasteiger partial charge in [-0.1, -0.05) is 46.7 Å². The van der Waals surface area contributed by atoms with Crippen molar-refractivity contribution in [1.29, 1.82) is 0 Å². The highest BCUT2D eigenvalue weighted by atomic mass is 35.5. The Hall–Kier alpha value is -2.19. The molecule has 0 unspecified atom stereocenters. The van der Waals surface area contributed by atoms with Gasteiger partial charge in [-0.3, -0.25) is 14.6 Å². The lowest BCUT2D eigenvalue weighted by Gasteiger charge is -2.27. The summed E-state index contributed by atoms with van der Waals surface area (Å²) >= 11 is 7.89. The summed E-state index contributed by atoms with van der Waals surface area (Å²) in [6, 6.07) is 9.87. The van der Waals surface area contributed by atoms with Gasteiger partial charge in [0.2, 0.25) is 5.91 Å². The number of methoxy groups -OCH3 is 1. The van der Waals surface area contributed by atoms with E-state index in [9.17, 15) is 4.79 Å². The van der Waals surface area contributed by atoms with Crippen molar-refractivity contribution in [3.63, 3.8) is 0 Å². The number of amides is 1. The van der Waals surface area contributed by atoms with Gasteiger partial charge in [0.25, 0.3) is 0 Å². The summed E-state index contributed by atoms with van der Waals surface area (Å²) in [6.45, 7) is 9.03. The van der Waals surface area contributed by atoms with E-state index in [1.54, 1.807) is 7.11 Å². The highest BCUT2D eigenvalue weighted by Crippen LogP contribution is 2.39. The minimum atomic E-state index is 0.0415. The second-order valence-corrected chi connectivity index (χ2v) is 9.77.